The Morgan fingerprint density at radius 1 is 1.30 bits per heavy atom. The van der Waals surface area contributed by atoms with Gasteiger partial charge in [-0.25, -0.2) is 9.37 Å². The van der Waals surface area contributed by atoms with E-state index in [0.717, 1.165) is 42.3 Å². The van der Waals surface area contributed by atoms with Gasteiger partial charge in [-0.2, -0.15) is 5.10 Å². The predicted octanol–water partition coefficient (Wildman–Crippen LogP) is 3.99. The highest BCUT2D eigenvalue weighted by atomic mass is 19.1. The third-order valence-electron chi connectivity index (χ3n) is 6.25. The summed E-state index contributed by atoms with van der Waals surface area (Å²) < 4.78 is 14.5. The molecular weight excluding hydrogens is 381 g/mol. The average Bonchev–Trinajstić information content (AvgIpc) is 3.04. The lowest BCUT2D eigenvalue weighted by Gasteiger charge is -2.47. The van der Waals surface area contributed by atoms with Crippen molar-refractivity contribution in [1.82, 2.24) is 25.4 Å². The van der Waals surface area contributed by atoms with E-state index in [4.69, 9.17) is 0 Å². The average molecular weight is 412 g/mol. The lowest BCUT2D eigenvalue weighted by atomic mass is 9.92. The number of hydrogen-bond donors (Lipinski definition) is 3. The number of halogens is 1. The van der Waals surface area contributed by atoms with Crippen LogP contribution < -0.4 is 5.32 Å². The summed E-state index contributed by atoms with van der Waals surface area (Å²) in [5, 5.41) is 21.6. The van der Waals surface area contributed by atoms with Crippen LogP contribution in [-0.4, -0.2) is 49.9 Å². The third-order valence-corrected chi connectivity index (χ3v) is 6.25. The Morgan fingerprint density at radius 3 is 2.77 bits per heavy atom. The second-order valence-corrected chi connectivity index (χ2v) is 9.30. The van der Waals surface area contributed by atoms with Gasteiger partial charge >= 0.3 is 0 Å². The first-order valence-electron chi connectivity index (χ1n) is 10.5. The molecule has 6 nitrogen and oxygen atoms in total. The smallest absolute Gasteiger partial charge is 0.182 e. The fourth-order valence-electron chi connectivity index (χ4n) is 4.21. The molecule has 0 amide bonds. The van der Waals surface area contributed by atoms with E-state index < -0.39 is 5.82 Å². The number of fused-ring (bicyclic) bond motifs is 1. The maximum absolute atomic E-state index is 14.5. The van der Waals surface area contributed by atoms with E-state index in [-0.39, 0.29) is 11.3 Å². The number of phenols is 1. The van der Waals surface area contributed by atoms with Crippen LogP contribution in [0.25, 0.3) is 22.3 Å². The number of aryl methyl sites for hydroxylation is 1. The molecule has 1 aromatic carbocycles. The number of aromatic nitrogens is 3. The van der Waals surface area contributed by atoms with Crippen LogP contribution >= 0.6 is 0 Å². The molecule has 160 valence electrons. The second kappa shape index (κ2) is 7.63. The number of hydrogen-bond acceptors (Lipinski definition) is 5. The fourth-order valence-corrected chi connectivity index (χ4v) is 4.21. The summed E-state index contributed by atoms with van der Waals surface area (Å²) in [4.78, 5) is 7.09. The molecule has 0 saturated carbocycles. The molecule has 3 heterocycles. The van der Waals surface area contributed by atoms with E-state index in [1.165, 1.54) is 6.07 Å². The van der Waals surface area contributed by atoms with Crippen molar-refractivity contribution in [2.24, 2.45) is 5.92 Å². The SMILES string of the molecule is Cc1[nH]nc2nc(-c3ccc(O)cc3F)cc(CN3C[C@@H](C(C)C)NCC3(C)C)c12. The number of pyridine rings is 1. The number of rotatable bonds is 4. The quantitative estimate of drug-likeness (QED) is 0.605. The normalized spacial score (nSPS) is 19.6. The molecular formula is C23H30FN5O. The predicted molar refractivity (Wildman–Crippen MR) is 117 cm³/mol. The third kappa shape index (κ3) is 3.79. The molecule has 4 rings (SSSR count). The Bertz CT molecular complexity index is 1070. The van der Waals surface area contributed by atoms with E-state index in [1.54, 1.807) is 6.07 Å². The highest BCUT2D eigenvalue weighted by Gasteiger charge is 2.35. The molecule has 1 atom stereocenters. The Labute approximate surface area is 176 Å². The van der Waals surface area contributed by atoms with Crippen LogP contribution in [0.2, 0.25) is 0 Å². The number of phenolic OH excluding ortho intramolecular Hbond substituents is 1. The van der Waals surface area contributed by atoms with Crippen molar-refractivity contribution in [1.29, 1.82) is 0 Å². The molecule has 1 aliphatic rings. The Hall–Kier alpha value is -2.51. The maximum Gasteiger partial charge on any atom is 0.182 e. The molecule has 0 unspecified atom stereocenters. The van der Waals surface area contributed by atoms with Crippen molar-refractivity contribution in [2.45, 2.75) is 52.7 Å². The van der Waals surface area contributed by atoms with Crippen LogP contribution in [0.15, 0.2) is 24.3 Å². The van der Waals surface area contributed by atoms with E-state index in [2.05, 4.69) is 53.1 Å². The summed E-state index contributed by atoms with van der Waals surface area (Å²) in [6, 6.07) is 6.54. The van der Waals surface area contributed by atoms with Gasteiger partial charge in [-0.15, -0.1) is 0 Å². The molecule has 3 aromatic rings. The monoisotopic (exact) mass is 411 g/mol. The van der Waals surface area contributed by atoms with Gasteiger partial charge < -0.3 is 10.4 Å². The number of benzene rings is 1. The highest BCUT2D eigenvalue weighted by Crippen LogP contribution is 2.31. The fraction of sp³-hybridized carbons (Fsp3) is 0.478. The topological polar surface area (TPSA) is 77.1 Å². The summed E-state index contributed by atoms with van der Waals surface area (Å²) in [6.45, 7) is 13.5. The zero-order chi connectivity index (χ0) is 21.6. The minimum atomic E-state index is -0.498. The van der Waals surface area contributed by atoms with Crippen molar-refractivity contribution >= 4 is 11.0 Å². The zero-order valence-electron chi connectivity index (χ0n) is 18.3. The molecule has 2 aromatic heterocycles. The molecule has 0 bridgehead atoms. The molecule has 0 radical (unpaired) electrons. The minimum Gasteiger partial charge on any atom is -0.508 e. The first-order chi connectivity index (χ1) is 14.2. The van der Waals surface area contributed by atoms with Crippen molar-refractivity contribution in [3.05, 3.63) is 41.3 Å². The summed E-state index contributed by atoms with van der Waals surface area (Å²) in [5.74, 6) is -0.0590. The molecule has 30 heavy (non-hydrogen) atoms. The van der Waals surface area contributed by atoms with Gasteiger partial charge in [0.05, 0.1) is 5.69 Å². The lowest BCUT2D eigenvalue weighted by molar-refractivity contribution is 0.0478. The van der Waals surface area contributed by atoms with Gasteiger partial charge in [0.1, 0.15) is 11.6 Å². The number of aromatic amines is 1. The van der Waals surface area contributed by atoms with Crippen LogP contribution in [-0.2, 0) is 6.54 Å². The van der Waals surface area contributed by atoms with Gasteiger partial charge in [-0.1, -0.05) is 13.8 Å². The van der Waals surface area contributed by atoms with Crippen LogP contribution in [0, 0.1) is 18.7 Å². The van der Waals surface area contributed by atoms with Crippen LogP contribution in [0.4, 0.5) is 4.39 Å². The molecule has 1 fully saturated rings. The number of nitrogens with one attached hydrogen (secondary N) is 2. The van der Waals surface area contributed by atoms with Crippen molar-refractivity contribution < 1.29 is 9.50 Å². The molecule has 0 spiro atoms. The first kappa shape index (κ1) is 20.8. The second-order valence-electron chi connectivity index (χ2n) is 9.30. The molecule has 1 aliphatic heterocycles. The first-order valence-corrected chi connectivity index (χ1v) is 10.5. The molecule has 3 N–H and O–H groups in total. The highest BCUT2D eigenvalue weighted by molar-refractivity contribution is 5.84. The number of aromatic hydroxyl groups is 1. The minimum absolute atomic E-state index is 0.0113. The van der Waals surface area contributed by atoms with Crippen LogP contribution in [0.5, 0.6) is 5.75 Å². The number of nitrogens with zero attached hydrogens (tertiary/aromatic N) is 3. The molecule has 7 heteroatoms. The summed E-state index contributed by atoms with van der Waals surface area (Å²) >= 11 is 0. The zero-order valence-corrected chi connectivity index (χ0v) is 18.3. The van der Waals surface area contributed by atoms with E-state index >= 15 is 0 Å². The number of piperazine rings is 1. The molecule has 1 saturated heterocycles. The Balaban J connectivity index is 1.78. The van der Waals surface area contributed by atoms with Gasteiger partial charge in [-0.05, 0) is 50.5 Å². The van der Waals surface area contributed by atoms with E-state index in [0.29, 0.717) is 28.9 Å². The van der Waals surface area contributed by atoms with Crippen molar-refractivity contribution in [3.8, 4) is 17.0 Å². The van der Waals surface area contributed by atoms with E-state index in [9.17, 15) is 9.50 Å². The van der Waals surface area contributed by atoms with Crippen molar-refractivity contribution in [3.63, 3.8) is 0 Å². The summed E-state index contributed by atoms with van der Waals surface area (Å²) in [5.41, 5.74) is 3.49. The van der Waals surface area contributed by atoms with Gasteiger partial charge in [0.2, 0.25) is 0 Å². The van der Waals surface area contributed by atoms with Crippen LogP contribution in [0.3, 0.4) is 0 Å². The van der Waals surface area contributed by atoms with Gasteiger partial charge in [0, 0.05) is 53.9 Å². The largest absolute Gasteiger partial charge is 0.508 e. The number of H-pyrrole nitrogens is 1. The van der Waals surface area contributed by atoms with Gasteiger partial charge in [0.15, 0.2) is 5.65 Å². The lowest BCUT2D eigenvalue weighted by Crippen LogP contribution is -2.62. The maximum atomic E-state index is 14.5. The van der Waals surface area contributed by atoms with Gasteiger partial charge in [-0.3, -0.25) is 10.00 Å². The van der Waals surface area contributed by atoms with Gasteiger partial charge in [0.25, 0.3) is 0 Å². The standard InChI is InChI=1S/C23H30FN5O/c1-13(2)20-11-29(23(4,5)12-25-20)10-15-8-19(17-7-6-16(30)9-18(17)24)26-22-21(15)14(3)27-28-22/h6-9,13,20,25,30H,10-12H2,1-5H3,(H,26,27,28)/t20-/m0/s1. The molecule has 0 aliphatic carbocycles. The van der Waals surface area contributed by atoms with Crippen molar-refractivity contribution in [2.75, 3.05) is 13.1 Å². The summed E-state index contributed by atoms with van der Waals surface area (Å²) in [6.07, 6.45) is 0. The van der Waals surface area contributed by atoms with Crippen LogP contribution in [0.1, 0.15) is 39.0 Å². The Morgan fingerprint density at radius 2 is 2.07 bits per heavy atom. The summed E-state index contributed by atoms with van der Waals surface area (Å²) in [7, 11) is 0. The van der Waals surface area contributed by atoms with E-state index in [1.807, 2.05) is 13.0 Å². The Kier molecular flexibility index (Phi) is 5.28.